The van der Waals surface area contributed by atoms with Gasteiger partial charge in [-0.1, -0.05) is 12.1 Å². The lowest BCUT2D eigenvalue weighted by Crippen LogP contribution is -2.38. The van der Waals surface area contributed by atoms with Crippen LogP contribution in [-0.2, 0) is 4.74 Å². The topological polar surface area (TPSA) is 68.7 Å². The number of rotatable bonds is 10. The first kappa shape index (κ1) is 24.1. The molecule has 1 aliphatic heterocycles. The number of halogens is 2. The highest BCUT2D eigenvalue weighted by Gasteiger charge is 2.22. The molecule has 1 aliphatic rings. The Morgan fingerprint density at radius 3 is 2.68 bits per heavy atom. The molecule has 0 bridgehead atoms. The molecule has 0 atom stereocenters. The van der Waals surface area contributed by atoms with Gasteiger partial charge in [0.15, 0.2) is 11.5 Å². The molecular weight excluding hydrogens is 442 g/mol. The van der Waals surface area contributed by atoms with E-state index in [-0.39, 0.29) is 6.10 Å². The van der Waals surface area contributed by atoms with Crippen molar-refractivity contribution < 1.29 is 23.0 Å². The fourth-order valence-electron chi connectivity index (χ4n) is 4.18. The molecule has 1 saturated heterocycles. The van der Waals surface area contributed by atoms with E-state index in [1.165, 1.54) is 6.33 Å². The monoisotopic (exact) mass is 472 g/mol. The van der Waals surface area contributed by atoms with E-state index in [0.717, 1.165) is 48.2 Å². The van der Waals surface area contributed by atoms with Crippen molar-refractivity contribution in [2.45, 2.75) is 38.9 Å². The summed E-state index contributed by atoms with van der Waals surface area (Å²) in [6.07, 6.45) is 3.23. The summed E-state index contributed by atoms with van der Waals surface area (Å²) in [6, 6.07) is 11.8. The largest absolute Gasteiger partial charge is 0.493 e. The highest BCUT2D eigenvalue weighted by molar-refractivity contribution is 5.93. The molecule has 7 nitrogen and oxygen atoms in total. The predicted octanol–water partition coefficient (Wildman–Crippen LogP) is 5.16. The number of hydrogen-bond acceptors (Lipinski definition) is 7. The number of methoxy groups -OCH3 is 1. The average molecular weight is 473 g/mol. The van der Waals surface area contributed by atoms with Crippen molar-refractivity contribution >= 4 is 22.4 Å². The van der Waals surface area contributed by atoms with Gasteiger partial charge < -0.3 is 24.4 Å². The van der Waals surface area contributed by atoms with Gasteiger partial charge in [-0.15, -0.1) is 0 Å². The van der Waals surface area contributed by atoms with Crippen LogP contribution in [0.3, 0.4) is 0 Å². The minimum atomic E-state index is -2.69. The van der Waals surface area contributed by atoms with Crippen LogP contribution in [0.2, 0.25) is 0 Å². The second-order valence-corrected chi connectivity index (χ2v) is 8.38. The average Bonchev–Trinajstić information content (AvgIpc) is 2.82. The first-order valence-corrected chi connectivity index (χ1v) is 11.5. The zero-order chi connectivity index (χ0) is 23.9. The van der Waals surface area contributed by atoms with Gasteiger partial charge in [0.25, 0.3) is 0 Å². The summed E-state index contributed by atoms with van der Waals surface area (Å²) in [4.78, 5) is 11.1. The van der Waals surface area contributed by atoms with E-state index >= 15 is 0 Å². The number of ether oxygens (including phenoxy) is 3. The van der Waals surface area contributed by atoms with Crippen molar-refractivity contribution in [2.24, 2.45) is 0 Å². The van der Waals surface area contributed by atoms with E-state index < -0.39 is 6.61 Å². The molecule has 0 amide bonds. The molecule has 2 heterocycles. The van der Waals surface area contributed by atoms with Crippen molar-refractivity contribution in [1.29, 1.82) is 0 Å². The molecule has 0 saturated carbocycles. The van der Waals surface area contributed by atoms with Crippen LogP contribution in [0.5, 0.6) is 11.5 Å². The van der Waals surface area contributed by atoms with Crippen LogP contribution in [0.4, 0.5) is 20.3 Å². The van der Waals surface area contributed by atoms with Gasteiger partial charge in [-0.2, -0.15) is 8.78 Å². The molecule has 0 aliphatic carbocycles. The lowest BCUT2D eigenvalue weighted by molar-refractivity contribution is -0.172. The second kappa shape index (κ2) is 11.4. The number of fused-ring (bicyclic) bond motifs is 1. The number of alkyl halides is 2. The Morgan fingerprint density at radius 2 is 1.94 bits per heavy atom. The summed E-state index contributed by atoms with van der Waals surface area (Å²) in [6.45, 7) is 2.19. The minimum absolute atomic E-state index is 0.348. The normalized spacial score (nSPS) is 15.1. The second-order valence-electron chi connectivity index (χ2n) is 8.38. The Hall–Kier alpha value is -3.04. The van der Waals surface area contributed by atoms with Crippen molar-refractivity contribution in [1.82, 2.24) is 14.9 Å². The summed E-state index contributed by atoms with van der Waals surface area (Å²) in [5.74, 6) is 1.93. The van der Waals surface area contributed by atoms with E-state index in [1.807, 2.05) is 37.3 Å². The van der Waals surface area contributed by atoms with Crippen molar-refractivity contribution in [3.8, 4) is 11.5 Å². The van der Waals surface area contributed by atoms with Gasteiger partial charge in [0, 0.05) is 36.8 Å². The maximum atomic E-state index is 12.4. The minimum Gasteiger partial charge on any atom is -0.493 e. The molecular formula is C25H30F2N4O3. The summed E-state index contributed by atoms with van der Waals surface area (Å²) >= 11 is 0. The van der Waals surface area contributed by atoms with Crippen LogP contribution in [0.25, 0.3) is 10.9 Å². The van der Waals surface area contributed by atoms with Crippen LogP contribution < -0.4 is 14.8 Å². The number of anilines is 2. The maximum Gasteiger partial charge on any atom is 0.345 e. The Kier molecular flexibility index (Phi) is 8.08. The SMILES string of the molecule is COc1cc2ncnc(Nc3cccc(C)c3)c2cc1OCCCN1CCC(OC(F)F)CC1. The first-order chi connectivity index (χ1) is 16.5. The number of piperidine rings is 1. The molecule has 3 aromatic rings. The molecule has 34 heavy (non-hydrogen) atoms. The van der Waals surface area contributed by atoms with Crippen molar-refractivity contribution in [3.63, 3.8) is 0 Å². The standard InChI is InChI=1S/C25H30F2N4O3/c1-17-5-3-6-18(13-17)30-24-20-14-23(22(32-2)15-21(20)28-16-29-24)33-12-4-9-31-10-7-19(8-11-31)34-25(26)27/h3,5-6,13-16,19,25H,4,7-12H2,1-2H3,(H,28,29,30). The zero-order valence-corrected chi connectivity index (χ0v) is 19.5. The van der Waals surface area contributed by atoms with Gasteiger partial charge in [-0.25, -0.2) is 9.97 Å². The van der Waals surface area contributed by atoms with Crippen molar-refractivity contribution in [2.75, 3.05) is 38.7 Å². The molecule has 0 unspecified atom stereocenters. The van der Waals surface area contributed by atoms with Gasteiger partial charge in [0.2, 0.25) is 0 Å². The lowest BCUT2D eigenvalue weighted by atomic mass is 10.1. The van der Waals surface area contributed by atoms with E-state index in [1.54, 1.807) is 7.11 Å². The zero-order valence-electron chi connectivity index (χ0n) is 19.5. The molecule has 1 aromatic heterocycles. The molecule has 182 valence electrons. The smallest absolute Gasteiger partial charge is 0.345 e. The Balaban J connectivity index is 1.38. The van der Waals surface area contributed by atoms with E-state index in [9.17, 15) is 8.78 Å². The van der Waals surface area contributed by atoms with Crippen LogP contribution in [0, 0.1) is 6.92 Å². The number of hydrogen-bond donors (Lipinski definition) is 1. The van der Waals surface area contributed by atoms with Gasteiger partial charge >= 0.3 is 6.61 Å². The summed E-state index contributed by atoms with van der Waals surface area (Å²) in [7, 11) is 1.60. The highest BCUT2D eigenvalue weighted by atomic mass is 19.3. The molecule has 2 aromatic carbocycles. The fourth-order valence-corrected chi connectivity index (χ4v) is 4.18. The molecule has 0 spiro atoms. The van der Waals surface area contributed by atoms with Gasteiger partial charge in [0.1, 0.15) is 12.1 Å². The van der Waals surface area contributed by atoms with Crippen LogP contribution in [-0.4, -0.2) is 60.9 Å². The van der Waals surface area contributed by atoms with E-state index in [2.05, 4.69) is 31.0 Å². The third-order valence-electron chi connectivity index (χ3n) is 5.91. The first-order valence-electron chi connectivity index (χ1n) is 11.5. The maximum absolute atomic E-state index is 12.4. The van der Waals surface area contributed by atoms with Crippen LogP contribution in [0.1, 0.15) is 24.8 Å². The Bertz CT molecular complexity index is 1090. The quantitative estimate of drug-likeness (QED) is 0.409. The lowest BCUT2D eigenvalue weighted by Gasteiger charge is -2.31. The molecule has 0 radical (unpaired) electrons. The highest BCUT2D eigenvalue weighted by Crippen LogP contribution is 2.35. The fraction of sp³-hybridized carbons (Fsp3) is 0.440. The third-order valence-corrected chi connectivity index (χ3v) is 5.91. The number of nitrogens with one attached hydrogen (secondary N) is 1. The summed E-state index contributed by atoms with van der Waals surface area (Å²) in [5.41, 5.74) is 2.85. The predicted molar refractivity (Wildman–Crippen MR) is 127 cm³/mol. The number of aryl methyl sites for hydroxylation is 1. The van der Waals surface area contributed by atoms with Crippen LogP contribution >= 0.6 is 0 Å². The number of likely N-dealkylation sites (tertiary alicyclic amines) is 1. The van der Waals surface area contributed by atoms with Crippen molar-refractivity contribution in [3.05, 3.63) is 48.3 Å². The molecule has 4 rings (SSSR count). The van der Waals surface area contributed by atoms with Crippen LogP contribution in [0.15, 0.2) is 42.7 Å². The molecule has 1 N–H and O–H groups in total. The molecule has 1 fully saturated rings. The van der Waals surface area contributed by atoms with Gasteiger partial charge in [-0.05, 0) is 49.9 Å². The third kappa shape index (κ3) is 6.30. The molecule has 9 heteroatoms. The number of nitrogens with zero attached hydrogens (tertiary/aromatic N) is 3. The number of aromatic nitrogens is 2. The summed E-state index contributed by atoms with van der Waals surface area (Å²) < 4.78 is 40.9. The summed E-state index contributed by atoms with van der Waals surface area (Å²) in [5, 5.41) is 4.20. The van der Waals surface area contributed by atoms with Gasteiger partial charge in [-0.3, -0.25) is 0 Å². The van der Waals surface area contributed by atoms with E-state index in [0.29, 0.717) is 36.8 Å². The Morgan fingerprint density at radius 1 is 1.12 bits per heavy atom. The Labute approximate surface area is 198 Å². The number of benzene rings is 2. The van der Waals surface area contributed by atoms with Gasteiger partial charge in [0.05, 0.1) is 25.3 Å². The van der Waals surface area contributed by atoms with E-state index in [4.69, 9.17) is 9.47 Å².